The van der Waals surface area contributed by atoms with Gasteiger partial charge in [0.2, 0.25) is 0 Å². The molecule has 1 aromatic carbocycles. The van der Waals surface area contributed by atoms with Crippen molar-refractivity contribution in [3.8, 4) is 5.75 Å². The van der Waals surface area contributed by atoms with Crippen LogP contribution >= 0.6 is 34.5 Å². The summed E-state index contributed by atoms with van der Waals surface area (Å²) in [6.07, 6.45) is 0. The molecule has 106 valence electrons. The molecule has 0 fully saturated rings. The molecule has 0 saturated carbocycles. The van der Waals surface area contributed by atoms with Gasteiger partial charge in [0.1, 0.15) is 23.4 Å². The number of ether oxygens (including phenoxy) is 1. The summed E-state index contributed by atoms with van der Waals surface area (Å²) in [5.41, 5.74) is 0.849. The van der Waals surface area contributed by atoms with Gasteiger partial charge in [-0.3, -0.25) is 4.79 Å². The lowest BCUT2D eigenvalue weighted by atomic mass is 10.2. The number of anilines is 1. The average molecular weight is 334 g/mol. The van der Waals surface area contributed by atoms with Gasteiger partial charge in [-0.25, -0.2) is 4.39 Å². The lowest BCUT2D eigenvalue weighted by molar-refractivity contribution is 0.102. The highest BCUT2D eigenvalue weighted by molar-refractivity contribution is 7.20. The molecule has 0 bridgehead atoms. The molecule has 0 spiro atoms. The standard InChI is InChI=1S/C13H10Cl2FNO2S/c14-11-7-10(12(15)20-11)13(18)17-8-2-1-3-9(6-8)19-5-4-16/h1-3,6-7H,4-5H2,(H,17,18). The Hall–Kier alpha value is -1.30. The number of alkyl halides is 1. The van der Waals surface area contributed by atoms with Gasteiger partial charge in [0.25, 0.3) is 5.91 Å². The number of rotatable bonds is 5. The van der Waals surface area contributed by atoms with E-state index in [0.717, 1.165) is 11.3 Å². The van der Waals surface area contributed by atoms with E-state index in [1.54, 1.807) is 24.3 Å². The second-order valence-electron chi connectivity index (χ2n) is 3.76. The van der Waals surface area contributed by atoms with Crippen LogP contribution in [0.4, 0.5) is 10.1 Å². The molecule has 0 unspecified atom stereocenters. The molecule has 0 aliphatic heterocycles. The normalized spacial score (nSPS) is 10.3. The fourth-order valence-corrected chi connectivity index (χ4v) is 2.97. The van der Waals surface area contributed by atoms with Crippen molar-refractivity contribution in [2.75, 3.05) is 18.6 Å². The van der Waals surface area contributed by atoms with Crippen LogP contribution in [0.3, 0.4) is 0 Å². The predicted molar refractivity (Wildman–Crippen MR) is 80.2 cm³/mol. The Labute approximate surface area is 129 Å². The van der Waals surface area contributed by atoms with Gasteiger partial charge in [-0.15, -0.1) is 11.3 Å². The molecule has 1 aromatic heterocycles. The number of amides is 1. The molecule has 0 atom stereocenters. The number of carbonyl (C=O) groups excluding carboxylic acids is 1. The zero-order valence-corrected chi connectivity index (χ0v) is 12.5. The zero-order valence-electron chi connectivity index (χ0n) is 10.2. The van der Waals surface area contributed by atoms with Gasteiger partial charge < -0.3 is 10.1 Å². The summed E-state index contributed by atoms with van der Waals surface area (Å²) in [6, 6.07) is 8.19. The summed E-state index contributed by atoms with van der Waals surface area (Å²) in [5, 5.41) is 2.68. The maximum Gasteiger partial charge on any atom is 0.258 e. The van der Waals surface area contributed by atoms with E-state index in [-0.39, 0.29) is 12.5 Å². The maximum atomic E-state index is 12.0. The molecule has 2 aromatic rings. The molecule has 3 nitrogen and oxygen atoms in total. The SMILES string of the molecule is O=C(Nc1cccc(OCCF)c1)c1cc(Cl)sc1Cl. The van der Waals surface area contributed by atoms with Crippen LogP contribution in [-0.4, -0.2) is 19.2 Å². The Morgan fingerprint density at radius 3 is 2.80 bits per heavy atom. The lowest BCUT2D eigenvalue weighted by Gasteiger charge is -2.07. The fraction of sp³-hybridized carbons (Fsp3) is 0.154. The van der Waals surface area contributed by atoms with Crippen LogP contribution in [0.1, 0.15) is 10.4 Å². The third-order valence-electron chi connectivity index (χ3n) is 2.34. The summed E-state index contributed by atoms with van der Waals surface area (Å²) in [4.78, 5) is 12.0. The summed E-state index contributed by atoms with van der Waals surface area (Å²) < 4.78 is 18.0. The van der Waals surface area contributed by atoms with Gasteiger partial charge in [-0.1, -0.05) is 29.3 Å². The van der Waals surface area contributed by atoms with Crippen molar-refractivity contribution in [1.29, 1.82) is 0 Å². The molecule has 2 rings (SSSR count). The topological polar surface area (TPSA) is 38.3 Å². The molecular weight excluding hydrogens is 324 g/mol. The van der Waals surface area contributed by atoms with Crippen LogP contribution in [0.25, 0.3) is 0 Å². The average Bonchev–Trinajstić information content (AvgIpc) is 2.76. The highest BCUT2D eigenvalue weighted by atomic mass is 35.5. The molecule has 1 amide bonds. The van der Waals surface area contributed by atoms with Crippen molar-refractivity contribution in [2.24, 2.45) is 0 Å². The van der Waals surface area contributed by atoms with Crippen molar-refractivity contribution in [1.82, 2.24) is 0 Å². The Balaban J connectivity index is 2.09. The van der Waals surface area contributed by atoms with E-state index in [4.69, 9.17) is 27.9 Å². The van der Waals surface area contributed by atoms with Crippen LogP contribution in [0, 0.1) is 0 Å². The first-order chi connectivity index (χ1) is 9.60. The second kappa shape index (κ2) is 6.92. The van der Waals surface area contributed by atoms with Gasteiger partial charge >= 0.3 is 0 Å². The van der Waals surface area contributed by atoms with Crippen LogP contribution in [0.2, 0.25) is 8.67 Å². The molecular formula is C13H10Cl2FNO2S. The van der Waals surface area contributed by atoms with Crippen LogP contribution in [0.5, 0.6) is 5.75 Å². The first kappa shape index (κ1) is 15.1. The van der Waals surface area contributed by atoms with E-state index in [1.165, 1.54) is 6.07 Å². The number of halogens is 3. The number of hydrogen-bond donors (Lipinski definition) is 1. The Morgan fingerprint density at radius 1 is 1.35 bits per heavy atom. The van der Waals surface area contributed by atoms with Crippen LogP contribution in [0.15, 0.2) is 30.3 Å². The molecule has 1 heterocycles. The van der Waals surface area contributed by atoms with Gasteiger partial charge in [0.05, 0.1) is 9.90 Å². The van der Waals surface area contributed by atoms with E-state index < -0.39 is 6.67 Å². The summed E-state index contributed by atoms with van der Waals surface area (Å²) >= 11 is 12.8. The molecule has 0 saturated heterocycles. The van der Waals surface area contributed by atoms with Crippen LogP contribution < -0.4 is 10.1 Å². The third kappa shape index (κ3) is 3.85. The lowest BCUT2D eigenvalue weighted by Crippen LogP contribution is -2.11. The highest BCUT2D eigenvalue weighted by Crippen LogP contribution is 2.31. The second-order valence-corrected chi connectivity index (χ2v) is 6.04. The quantitative estimate of drug-likeness (QED) is 0.864. The summed E-state index contributed by atoms with van der Waals surface area (Å²) in [5.74, 6) is 0.121. The first-order valence-corrected chi connectivity index (χ1v) is 7.22. The number of carbonyl (C=O) groups is 1. The summed E-state index contributed by atoms with van der Waals surface area (Å²) in [6.45, 7) is -0.594. The number of benzene rings is 1. The highest BCUT2D eigenvalue weighted by Gasteiger charge is 2.14. The van der Waals surface area contributed by atoms with E-state index >= 15 is 0 Å². The maximum absolute atomic E-state index is 12.0. The van der Waals surface area contributed by atoms with Crippen molar-refractivity contribution in [3.63, 3.8) is 0 Å². The fourth-order valence-electron chi connectivity index (χ4n) is 1.51. The predicted octanol–water partition coefficient (Wildman–Crippen LogP) is 4.66. The molecule has 0 aliphatic rings. The van der Waals surface area contributed by atoms with Gasteiger partial charge in [-0.05, 0) is 18.2 Å². The number of nitrogens with one attached hydrogen (secondary N) is 1. The zero-order chi connectivity index (χ0) is 14.5. The van der Waals surface area contributed by atoms with E-state index in [1.807, 2.05) is 0 Å². The Bertz CT molecular complexity index is 618. The minimum absolute atomic E-state index is 0.0244. The van der Waals surface area contributed by atoms with Crippen molar-refractivity contribution < 1.29 is 13.9 Å². The third-order valence-corrected chi connectivity index (χ3v) is 3.83. The number of hydrogen-bond acceptors (Lipinski definition) is 3. The molecule has 0 aliphatic carbocycles. The van der Waals surface area contributed by atoms with Crippen molar-refractivity contribution in [2.45, 2.75) is 0 Å². The van der Waals surface area contributed by atoms with Crippen molar-refractivity contribution >= 4 is 46.1 Å². The first-order valence-electron chi connectivity index (χ1n) is 5.65. The van der Waals surface area contributed by atoms with Gasteiger partial charge in [0, 0.05) is 11.8 Å². The van der Waals surface area contributed by atoms with E-state index in [0.29, 0.717) is 25.7 Å². The van der Waals surface area contributed by atoms with Crippen molar-refractivity contribution in [3.05, 3.63) is 44.6 Å². The monoisotopic (exact) mass is 333 g/mol. The molecule has 7 heteroatoms. The molecule has 1 N–H and O–H groups in total. The largest absolute Gasteiger partial charge is 0.491 e. The van der Waals surface area contributed by atoms with E-state index in [2.05, 4.69) is 5.32 Å². The van der Waals surface area contributed by atoms with E-state index in [9.17, 15) is 9.18 Å². The Morgan fingerprint density at radius 2 is 2.15 bits per heavy atom. The minimum Gasteiger partial charge on any atom is -0.491 e. The van der Waals surface area contributed by atoms with Gasteiger partial charge in [-0.2, -0.15) is 0 Å². The minimum atomic E-state index is -0.570. The van der Waals surface area contributed by atoms with Crippen LogP contribution in [-0.2, 0) is 0 Å². The Kier molecular flexibility index (Phi) is 5.23. The summed E-state index contributed by atoms with van der Waals surface area (Å²) in [7, 11) is 0. The molecule has 20 heavy (non-hydrogen) atoms. The smallest absolute Gasteiger partial charge is 0.258 e. The molecule has 0 radical (unpaired) electrons. The van der Waals surface area contributed by atoms with Gasteiger partial charge in [0.15, 0.2) is 0 Å². The number of thiophene rings is 1.